The summed E-state index contributed by atoms with van der Waals surface area (Å²) in [7, 11) is 0. The Morgan fingerprint density at radius 1 is 0.419 bits per heavy atom. The van der Waals surface area contributed by atoms with Crippen molar-refractivity contribution in [2.45, 2.75) is 131 Å². The summed E-state index contributed by atoms with van der Waals surface area (Å²) in [6.07, 6.45) is 1.70. The third-order valence-electron chi connectivity index (χ3n) is 14.6. The summed E-state index contributed by atoms with van der Waals surface area (Å²) >= 11 is 0. The van der Waals surface area contributed by atoms with Gasteiger partial charge < -0.3 is 9.67 Å². The van der Waals surface area contributed by atoms with E-state index >= 15 is 0 Å². The molecule has 6 nitrogen and oxygen atoms in total. The van der Waals surface area contributed by atoms with Gasteiger partial charge in [-0.2, -0.15) is 0 Å². The van der Waals surface area contributed by atoms with Crippen LogP contribution < -0.4 is 0 Å². The Labute approximate surface area is 453 Å². The Hall–Kier alpha value is -6.62. The number of aromatic hydroxyl groups is 1. The van der Waals surface area contributed by atoms with Crippen molar-refractivity contribution in [3.05, 3.63) is 180 Å². The maximum atomic E-state index is 11.5. The molecule has 0 amide bonds. The summed E-state index contributed by atoms with van der Waals surface area (Å²) in [5.74, 6) is 0.848. The zero-order chi connectivity index (χ0) is 52.2. The molecule has 7 aromatic carbocycles. The quantitative estimate of drug-likeness (QED) is 0.169. The van der Waals surface area contributed by atoms with Crippen LogP contribution in [0.5, 0.6) is 5.75 Å². The molecule has 0 radical (unpaired) electrons. The van der Waals surface area contributed by atoms with Crippen LogP contribution in [0.15, 0.2) is 146 Å². The molecule has 0 saturated carbocycles. The van der Waals surface area contributed by atoms with Gasteiger partial charge in [-0.25, -0.2) is 9.97 Å². The van der Waals surface area contributed by atoms with Gasteiger partial charge in [-0.15, -0.1) is 29.3 Å². The standard InChI is InChI=1S/C67H70N5O.Pt/c1-63(2,3)43-31-41(50-24-21-28-58-60(50)70-62(54-23-17-19-29-59(54)73)72(58)49-37-46(66(10,11)12)34-47(38-49)67(13,14)15)30-42(32-43)55-39-56(69-40-68-55)53-26-20-25-52-51-22-16-18-27-57(51)71(61(52)53)48-35-44(64(4,5)6)33-45(36-48)65(7,8)9;/h16-29,31-40,73H,1-15H3;/q-1;. The number of phenolic OH excluding ortho intramolecular Hbond substituents is 1. The van der Waals surface area contributed by atoms with Gasteiger partial charge in [0, 0.05) is 54.5 Å². The number of imidazole rings is 1. The minimum absolute atomic E-state index is 0. The molecule has 0 fully saturated rings. The van der Waals surface area contributed by atoms with E-state index in [1.54, 1.807) is 12.4 Å². The van der Waals surface area contributed by atoms with Crippen molar-refractivity contribution in [3.8, 4) is 62.2 Å². The molecule has 74 heavy (non-hydrogen) atoms. The van der Waals surface area contributed by atoms with E-state index in [4.69, 9.17) is 15.0 Å². The van der Waals surface area contributed by atoms with Gasteiger partial charge in [-0.1, -0.05) is 188 Å². The molecule has 10 rings (SSSR count). The predicted molar refractivity (Wildman–Crippen MR) is 307 cm³/mol. The van der Waals surface area contributed by atoms with Crippen molar-refractivity contribution in [3.63, 3.8) is 0 Å². The molecule has 3 aromatic heterocycles. The first-order valence-corrected chi connectivity index (χ1v) is 25.8. The molecule has 1 N–H and O–H groups in total. The predicted octanol–water partition coefficient (Wildman–Crippen LogP) is 17.6. The molecule has 0 bridgehead atoms. The number of aromatic nitrogens is 5. The molecule has 0 atom stereocenters. The van der Waals surface area contributed by atoms with Gasteiger partial charge in [0.05, 0.1) is 33.3 Å². The number of nitrogens with zero attached hydrogens (tertiary/aromatic N) is 5. The van der Waals surface area contributed by atoms with Crippen LogP contribution in [0.2, 0.25) is 0 Å². The number of hydrogen-bond donors (Lipinski definition) is 1. The second-order valence-corrected chi connectivity index (χ2v) is 25.3. The molecule has 0 aliphatic rings. The Morgan fingerprint density at radius 3 is 1.47 bits per heavy atom. The zero-order valence-electron chi connectivity index (χ0n) is 45.9. The van der Waals surface area contributed by atoms with Gasteiger partial charge >= 0.3 is 0 Å². The van der Waals surface area contributed by atoms with E-state index in [1.165, 1.54) is 33.0 Å². The Balaban J connectivity index is 0.00000672. The van der Waals surface area contributed by atoms with E-state index < -0.39 is 0 Å². The summed E-state index contributed by atoms with van der Waals surface area (Å²) in [5, 5.41) is 13.9. The van der Waals surface area contributed by atoms with Crippen molar-refractivity contribution in [2.24, 2.45) is 0 Å². The fraction of sp³-hybridized carbons (Fsp3) is 0.299. The molecule has 3 heterocycles. The van der Waals surface area contributed by atoms with Gasteiger partial charge in [0.25, 0.3) is 0 Å². The first-order chi connectivity index (χ1) is 34.3. The summed E-state index contributed by atoms with van der Waals surface area (Å²) in [4.78, 5) is 15.5. The average Bonchev–Trinajstić information content (AvgIpc) is 3.89. The Bertz CT molecular complexity index is 3720. The SMILES string of the molecule is CC(C)(C)c1cc(-c2cc(-c3cccc4c5ccccc5n(-c5cc(C(C)(C)C)cc(C(C)(C)C)c5)c34)ncn2)[c-]c(-c2cccc3c2nc(-c2ccccc2O)n3-c2cc(C(C)(C)C)cc(C(C)(C)C)c2)c1.[Pt]. The molecule has 10 aromatic rings. The molecular weight excluding hydrogens is 1090 g/mol. The summed E-state index contributed by atoms with van der Waals surface area (Å²) < 4.78 is 4.68. The summed E-state index contributed by atoms with van der Waals surface area (Å²) in [6, 6.07) is 53.8. The first-order valence-electron chi connectivity index (χ1n) is 25.8. The second kappa shape index (κ2) is 18.6. The van der Waals surface area contributed by atoms with Crippen LogP contribution in [-0.4, -0.2) is 29.2 Å². The van der Waals surface area contributed by atoms with Crippen molar-refractivity contribution in [1.82, 2.24) is 24.1 Å². The number of fused-ring (bicyclic) bond motifs is 4. The van der Waals surface area contributed by atoms with Crippen LogP contribution in [0.1, 0.15) is 132 Å². The Kier molecular flexibility index (Phi) is 13.2. The van der Waals surface area contributed by atoms with Crippen LogP contribution in [0.4, 0.5) is 0 Å². The molecule has 0 aliphatic heterocycles. The molecule has 0 spiro atoms. The van der Waals surface area contributed by atoms with E-state index in [1.807, 2.05) is 18.2 Å². The van der Waals surface area contributed by atoms with Gasteiger partial charge in [0.1, 0.15) is 17.9 Å². The molecule has 380 valence electrons. The number of para-hydroxylation sites is 4. The Morgan fingerprint density at radius 2 is 0.878 bits per heavy atom. The second-order valence-electron chi connectivity index (χ2n) is 25.3. The molecular formula is C67H70N5OPt-. The minimum Gasteiger partial charge on any atom is -0.507 e. The maximum absolute atomic E-state index is 11.5. The van der Waals surface area contributed by atoms with Gasteiger partial charge in [0.2, 0.25) is 0 Å². The fourth-order valence-corrected chi connectivity index (χ4v) is 10.1. The molecule has 0 unspecified atom stereocenters. The van der Waals surface area contributed by atoms with Crippen LogP contribution in [0, 0.1) is 6.07 Å². The molecule has 7 heteroatoms. The number of phenols is 1. The smallest absolute Gasteiger partial charge is 0.148 e. The molecule has 0 aliphatic carbocycles. The summed E-state index contributed by atoms with van der Waals surface area (Å²) in [5.41, 5.74) is 17.9. The van der Waals surface area contributed by atoms with Crippen molar-refractivity contribution >= 4 is 32.8 Å². The van der Waals surface area contributed by atoms with Crippen LogP contribution in [-0.2, 0) is 48.1 Å². The van der Waals surface area contributed by atoms with Crippen LogP contribution in [0.25, 0.3) is 89.2 Å². The van der Waals surface area contributed by atoms with Gasteiger partial charge in [0.15, 0.2) is 0 Å². The summed E-state index contributed by atoms with van der Waals surface area (Å²) in [6.45, 7) is 34.1. The topological polar surface area (TPSA) is 68.8 Å². The third-order valence-corrected chi connectivity index (χ3v) is 14.6. The number of hydrogen-bond acceptors (Lipinski definition) is 4. The number of benzene rings is 7. The van der Waals surface area contributed by atoms with Crippen LogP contribution >= 0.6 is 0 Å². The zero-order valence-corrected chi connectivity index (χ0v) is 48.1. The van der Waals surface area contributed by atoms with E-state index in [0.29, 0.717) is 11.4 Å². The van der Waals surface area contributed by atoms with Crippen molar-refractivity contribution in [1.29, 1.82) is 0 Å². The van der Waals surface area contributed by atoms with E-state index in [2.05, 4.69) is 234 Å². The van der Waals surface area contributed by atoms with Crippen LogP contribution in [0.3, 0.4) is 0 Å². The van der Waals surface area contributed by atoms with Gasteiger partial charge in [-0.05, 0) is 104 Å². The normalized spacial score (nSPS) is 12.7. The average molecular weight is 1160 g/mol. The van der Waals surface area contributed by atoms with Crippen molar-refractivity contribution in [2.75, 3.05) is 0 Å². The minimum atomic E-state index is -0.209. The van der Waals surface area contributed by atoms with E-state index in [0.717, 1.165) is 72.6 Å². The van der Waals surface area contributed by atoms with E-state index in [-0.39, 0.29) is 53.9 Å². The van der Waals surface area contributed by atoms with Gasteiger partial charge in [-0.3, -0.25) is 9.55 Å². The van der Waals surface area contributed by atoms with Crippen molar-refractivity contribution < 1.29 is 26.2 Å². The fourth-order valence-electron chi connectivity index (χ4n) is 10.1. The van der Waals surface area contributed by atoms with E-state index in [9.17, 15) is 5.11 Å². The number of rotatable bonds is 6. The third kappa shape index (κ3) is 9.67. The molecule has 0 saturated heterocycles. The monoisotopic (exact) mass is 1160 g/mol. The maximum Gasteiger partial charge on any atom is 0.148 e. The largest absolute Gasteiger partial charge is 0.507 e. The first kappa shape index (κ1) is 52.2.